The first-order valence-electron chi connectivity index (χ1n) is 7.51. The Kier molecular flexibility index (Phi) is 5.46. The van der Waals surface area contributed by atoms with Crippen molar-refractivity contribution >= 4 is 39.7 Å². The van der Waals surface area contributed by atoms with Crippen LogP contribution in [0, 0.1) is 0 Å². The number of thiazole rings is 1. The summed E-state index contributed by atoms with van der Waals surface area (Å²) in [7, 11) is 0. The number of nitrogens with one attached hydrogen (secondary N) is 2. The molecule has 6 heteroatoms. The summed E-state index contributed by atoms with van der Waals surface area (Å²) in [6.07, 6.45) is 0.752. The van der Waals surface area contributed by atoms with Gasteiger partial charge in [0.25, 0.3) is 5.91 Å². The highest BCUT2D eigenvalue weighted by molar-refractivity contribution is 7.14. The van der Waals surface area contributed by atoms with Gasteiger partial charge in [-0.1, -0.05) is 41.9 Å². The van der Waals surface area contributed by atoms with Crippen LogP contribution >= 0.6 is 22.9 Å². The number of aromatic nitrogens is 1. The Bertz CT molecular complexity index is 803. The zero-order valence-electron chi connectivity index (χ0n) is 12.8. The van der Waals surface area contributed by atoms with Crippen LogP contribution in [-0.2, 0) is 6.42 Å². The Balaban J connectivity index is 1.51. The van der Waals surface area contributed by atoms with Crippen molar-refractivity contribution in [3.8, 4) is 0 Å². The third kappa shape index (κ3) is 4.57. The summed E-state index contributed by atoms with van der Waals surface area (Å²) in [5.74, 6) is -0.165. The van der Waals surface area contributed by atoms with Gasteiger partial charge in [0.05, 0.1) is 0 Å². The van der Waals surface area contributed by atoms with E-state index in [0.717, 1.165) is 17.7 Å². The molecule has 1 amide bonds. The lowest BCUT2D eigenvalue weighted by Crippen LogP contribution is -2.25. The van der Waals surface area contributed by atoms with Crippen LogP contribution in [-0.4, -0.2) is 17.4 Å². The number of hydrogen-bond acceptors (Lipinski definition) is 4. The molecular weight excluding hydrogens is 342 g/mol. The summed E-state index contributed by atoms with van der Waals surface area (Å²) in [5, 5.41) is 9.23. The molecule has 24 heavy (non-hydrogen) atoms. The van der Waals surface area contributed by atoms with Gasteiger partial charge in [-0.25, -0.2) is 4.98 Å². The van der Waals surface area contributed by atoms with E-state index in [1.54, 1.807) is 5.38 Å². The molecule has 0 atom stereocenters. The monoisotopic (exact) mass is 357 g/mol. The molecular formula is C18H16ClN3OS. The van der Waals surface area contributed by atoms with Gasteiger partial charge in [0.1, 0.15) is 5.69 Å². The van der Waals surface area contributed by atoms with Crippen molar-refractivity contribution in [3.63, 3.8) is 0 Å². The molecule has 0 aliphatic carbocycles. The van der Waals surface area contributed by atoms with E-state index < -0.39 is 0 Å². The summed E-state index contributed by atoms with van der Waals surface area (Å²) in [6, 6.07) is 17.4. The van der Waals surface area contributed by atoms with Crippen LogP contribution in [0.4, 0.5) is 10.8 Å². The molecule has 0 bridgehead atoms. The van der Waals surface area contributed by atoms with E-state index in [9.17, 15) is 4.79 Å². The van der Waals surface area contributed by atoms with Gasteiger partial charge in [0.2, 0.25) is 0 Å². The fourth-order valence-electron chi connectivity index (χ4n) is 2.14. The molecule has 2 aromatic carbocycles. The largest absolute Gasteiger partial charge is 0.350 e. The predicted octanol–water partition coefficient (Wildman–Crippen LogP) is 4.51. The number of carbonyl (C=O) groups excluding carboxylic acids is 1. The van der Waals surface area contributed by atoms with E-state index in [1.165, 1.54) is 11.3 Å². The Morgan fingerprint density at radius 2 is 1.83 bits per heavy atom. The molecule has 122 valence electrons. The quantitative estimate of drug-likeness (QED) is 0.682. The van der Waals surface area contributed by atoms with Crippen LogP contribution in [0.5, 0.6) is 0 Å². The van der Waals surface area contributed by atoms with Gasteiger partial charge in [-0.15, -0.1) is 11.3 Å². The number of carbonyl (C=O) groups is 1. The maximum Gasteiger partial charge on any atom is 0.270 e. The molecule has 1 heterocycles. The Morgan fingerprint density at radius 3 is 2.58 bits per heavy atom. The highest BCUT2D eigenvalue weighted by atomic mass is 35.5. The molecule has 1 aromatic heterocycles. The van der Waals surface area contributed by atoms with Crippen molar-refractivity contribution in [1.82, 2.24) is 10.3 Å². The highest BCUT2D eigenvalue weighted by Gasteiger charge is 2.10. The van der Waals surface area contributed by atoms with E-state index >= 15 is 0 Å². The fraction of sp³-hybridized carbons (Fsp3) is 0.111. The number of benzene rings is 2. The minimum Gasteiger partial charge on any atom is -0.350 e. The first kappa shape index (κ1) is 16.5. The average molecular weight is 358 g/mol. The zero-order valence-corrected chi connectivity index (χ0v) is 14.4. The number of amides is 1. The third-order valence-electron chi connectivity index (χ3n) is 3.37. The SMILES string of the molecule is O=C(NCCc1ccc(Cl)cc1)c1csc(Nc2ccccc2)n1. The molecule has 0 spiro atoms. The van der Waals surface area contributed by atoms with Gasteiger partial charge in [-0.2, -0.15) is 0 Å². The topological polar surface area (TPSA) is 54.0 Å². The number of para-hydroxylation sites is 1. The Labute approximate surface area is 149 Å². The summed E-state index contributed by atoms with van der Waals surface area (Å²) < 4.78 is 0. The molecule has 0 aliphatic rings. The van der Waals surface area contributed by atoms with E-state index in [2.05, 4.69) is 15.6 Å². The molecule has 0 unspecified atom stereocenters. The van der Waals surface area contributed by atoms with Crippen molar-refractivity contribution in [2.45, 2.75) is 6.42 Å². The van der Waals surface area contributed by atoms with Gasteiger partial charge in [-0.05, 0) is 36.2 Å². The molecule has 0 saturated heterocycles. The van der Waals surface area contributed by atoms with Crippen molar-refractivity contribution in [3.05, 3.63) is 76.3 Å². The lowest BCUT2D eigenvalue weighted by molar-refractivity contribution is 0.0950. The van der Waals surface area contributed by atoms with Crippen molar-refractivity contribution in [2.75, 3.05) is 11.9 Å². The van der Waals surface area contributed by atoms with Crippen molar-refractivity contribution in [1.29, 1.82) is 0 Å². The van der Waals surface area contributed by atoms with E-state index in [-0.39, 0.29) is 5.91 Å². The van der Waals surface area contributed by atoms with Gasteiger partial charge >= 0.3 is 0 Å². The van der Waals surface area contributed by atoms with Gasteiger partial charge in [0.15, 0.2) is 5.13 Å². The minimum absolute atomic E-state index is 0.165. The second-order valence-electron chi connectivity index (χ2n) is 5.16. The second-order valence-corrected chi connectivity index (χ2v) is 6.46. The van der Waals surface area contributed by atoms with E-state index in [1.807, 2.05) is 54.6 Å². The van der Waals surface area contributed by atoms with Crippen LogP contribution in [0.3, 0.4) is 0 Å². The van der Waals surface area contributed by atoms with Crippen LogP contribution in [0.15, 0.2) is 60.0 Å². The van der Waals surface area contributed by atoms with Gasteiger partial charge in [0, 0.05) is 22.6 Å². The lowest BCUT2D eigenvalue weighted by atomic mass is 10.1. The van der Waals surface area contributed by atoms with Crippen molar-refractivity contribution in [2.24, 2.45) is 0 Å². The fourth-order valence-corrected chi connectivity index (χ4v) is 2.98. The highest BCUT2D eigenvalue weighted by Crippen LogP contribution is 2.20. The van der Waals surface area contributed by atoms with Gasteiger partial charge in [-0.3, -0.25) is 4.79 Å². The molecule has 0 aliphatic heterocycles. The maximum atomic E-state index is 12.1. The number of rotatable bonds is 6. The smallest absolute Gasteiger partial charge is 0.270 e. The standard InChI is InChI=1S/C18H16ClN3OS/c19-14-8-6-13(7-9-14)10-11-20-17(23)16-12-24-18(22-16)21-15-4-2-1-3-5-15/h1-9,12H,10-11H2,(H,20,23)(H,21,22). The average Bonchev–Trinajstić information content (AvgIpc) is 3.06. The molecule has 0 radical (unpaired) electrons. The summed E-state index contributed by atoms with van der Waals surface area (Å²) in [5.41, 5.74) is 2.50. The molecule has 4 nitrogen and oxygen atoms in total. The molecule has 2 N–H and O–H groups in total. The first-order valence-corrected chi connectivity index (χ1v) is 8.77. The number of hydrogen-bond donors (Lipinski definition) is 2. The summed E-state index contributed by atoms with van der Waals surface area (Å²) >= 11 is 7.26. The lowest BCUT2D eigenvalue weighted by Gasteiger charge is -2.04. The molecule has 0 fully saturated rings. The Hall–Kier alpha value is -2.37. The Morgan fingerprint density at radius 1 is 1.08 bits per heavy atom. The summed E-state index contributed by atoms with van der Waals surface area (Å²) in [4.78, 5) is 16.5. The molecule has 0 saturated carbocycles. The van der Waals surface area contributed by atoms with Crippen molar-refractivity contribution < 1.29 is 4.79 Å². The van der Waals surface area contributed by atoms with Crippen LogP contribution in [0.25, 0.3) is 0 Å². The molecule has 3 rings (SSSR count). The summed E-state index contributed by atoms with van der Waals surface area (Å²) in [6.45, 7) is 0.555. The van der Waals surface area contributed by atoms with Gasteiger partial charge < -0.3 is 10.6 Å². The zero-order chi connectivity index (χ0) is 16.8. The maximum absolute atomic E-state index is 12.1. The first-order chi connectivity index (χ1) is 11.7. The number of halogens is 1. The minimum atomic E-state index is -0.165. The van der Waals surface area contributed by atoms with Crippen LogP contribution < -0.4 is 10.6 Å². The molecule has 3 aromatic rings. The van der Waals surface area contributed by atoms with Crippen LogP contribution in [0.2, 0.25) is 5.02 Å². The van der Waals surface area contributed by atoms with Crippen LogP contribution in [0.1, 0.15) is 16.1 Å². The van der Waals surface area contributed by atoms with E-state index in [4.69, 9.17) is 11.6 Å². The predicted molar refractivity (Wildman–Crippen MR) is 99.3 cm³/mol. The third-order valence-corrected chi connectivity index (χ3v) is 4.38. The number of anilines is 2. The second kappa shape index (κ2) is 7.95. The number of nitrogens with zero attached hydrogens (tertiary/aromatic N) is 1. The van der Waals surface area contributed by atoms with E-state index in [0.29, 0.717) is 22.4 Å². The normalized spacial score (nSPS) is 10.4.